The molecule has 0 saturated heterocycles. The first kappa shape index (κ1) is 17.0. The van der Waals surface area contributed by atoms with E-state index < -0.39 is 18.1 Å². The zero-order valence-electron chi connectivity index (χ0n) is 12.7. The van der Waals surface area contributed by atoms with Gasteiger partial charge in [-0.15, -0.1) is 11.3 Å². The van der Waals surface area contributed by atoms with Gasteiger partial charge in [0.25, 0.3) is 0 Å². The van der Waals surface area contributed by atoms with Crippen LogP contribution in [0.4, 0.5) is 4.79 Å². The zero-order valence-corrected chi connectivity index (χ0v) is 13.5. The number of amides is 1. The van der Waals surface area contributed by atoms with E-state index in [4.69, 9.17) is 9.84 Å². The molecule has 1 amide bonds. The summed E-state index contributed by atoms with van der Waals surface area (Å²) in [4.78, 5) is 27.2. The van der Waals surface area contributed by atoms with E-state index in [9.17, 15) is 9.59 Å². The van der Waals surface area contributed by atoms with Gasteiger partial charge in [0.1, 0.15) is 6.61 Å². The van der Waals surface area contributed by atoms with Gasteiger partial charge in [0.05, 0.1) is 23.2 Å². The third kappa shape index (κ3) is 5.37. The van der Waals surface area contributed by atoms with Gasteiger partial charge in [-0.05, 0) is 12.0 Å². The first-order chi connectivity index (χ1) is 11.1. The van der Waals surface area contributed by atoms with Gasteiger partial charge in [0, 0.05) is 5.38 Å². The Balaban J connectivity index is 1.96. The molecule has 0 fully saturated rings. The van der Waals surface area contributed by atoms with E-state index in [2.05, 4.69) is 10.3 Å². The fraction of sp³-hybridized carbons (Fsp3) is 0.312. The molecule has 2 rings (SSSR count). The molecule has 1 atom stereocenters. The molecule has 0 spiro atoms. The molecule has 0 radical (unpaired) electrons. The van der Waals surface area contributed by atoms with Crippen LogP contribution in [-0.4, -0.2) is 22.2 Å². The first-order valence-corrected chi connectivity index (χ1v) is 8.09. The Hall–Kier alpha value is -2.41. The number of hydrogen-bond acceptors (Lipinski definition) is 5. The summed E-state index contributed by atoms with van der Waals surface area (Å²) in [6.07, 6.45) is -0.137. The number of carbonyl (C=O) groups is 2. The van der Waals surface area contributed by atoms with Crippen LogP contribution >= 0.6 is 11.3 Å². The summed E-state index contributed by atoms with van der Waals surface area (Å²) in [5.41, 5.74) is 1.41. The number of carboxylic acid groups (broad SMARTS) is 1. The van der Waals surface area contributed by atoms with Crippen LogP contribution in [0.1, 0.15) is 35.7 Å². The average molecular weight is 334 g/mol. The van der Waals surface area contributed by atoms with Crippen molar-refractivity contribution >= 4 is 23.4 Å². The summed E-state index contributed by atoms with van der Waals surface area (Å²) in [7, 11) is 0. The number of ether oxygens (including phenoxy) is 1. The number of alkyl carbamates (subject to hydrolysis) is 1. The first-order valence-electron chi connectivity index (χ1n) is 7.21. The third-order valence-corrected chi connectivity index (χ3v) is 4.12. The monoisotopic (exact) mass is 334 g/mol. The number of rotatable bonds is 7. The number of thiazole rings is 1. The summed E-state index contributed by atoms with van der Waals surface area (Å²) in [6.45, 7) is 2.10. The van der Waals surface area contributed by atoms with E-state index in [0.717, 1.165) is 17.0 Å². The Labute approximate surface area is 138 Å². The van der Waals surface area contributed by atoms with Crippen molar-refractivity contribution in [1.82, 2.24) is 10.3 Å². The average Bonchev–Trinajstić information content (AvgIpc) is 3.02. The molecule has 0 bridgehead atoms. The lowest BCUT2D eigenvalue weighted by Gasteiger charge is -2.15. The molecule has 6 nitrogen and oxygen atoms in total. The summed E-state index contributed by atoms with van der Waals surface area (Å²) in [6, 6.07) is 8.57. The van der Waals surface area contributed by atoms with Crippen LogP contribution in [-0.2, 0) is 22.6 Å². The van der Waals surface area contributed by atoms with Crippen molar-refractivity contribution in [2.45, 2.75) is 32.4 Å². The Morgan fingerprint density at radius 2 is 2.09 bits per heavy atom. The van der Waals surface area contributed by atoms with Crippen molar-refractivity contribution in [1.29, 1.82) is 0 Å². The van der Waals surface area contributed by atoms with Crippen LogP contribution in [0.5, 0.6) is 0 Å². The number of aliphatic carboxylic acids is 1. The normalized spacial score (nSPS) is 11.7. The van der Waals surface area contributed by atoms with Gasteiger partial charge in [0.2, 0.25) is 0 Å². The highest BCUT2D eigenvalue weighted by Gasteiger charge is 2.21. The number of benzene rings is 1. The van der Waals surface area contributed by atoms with E-state index in [0.29, 0.717) is 5.69 Å². The molecule has 2 aromatic rings. The number of carbonyl (C=O) groups excluding carboxylic acids is 1. The fourth-order valence-corrected chi connectivity index (χ4v) is 2.76. The van der Waals surface area contributed by atoms with Crippen molar-refractivity contribution in [3.63, 3.8) is 0 Å². The quantitative estimate of drug-likeness (QED) is 0.812. The molecule has 23 heavy (non-hydrogen) atoms. The highest BCUT2D eigenvalue weighted by Crippen LogP contribution is 2.20. The molecule has 0 saturated carbocycles. The van der Waals surface area contributed by atoms with Gasteiger partial charge >= 0.3 is 12.1 Å². The highest BCUT2D eigenvalue weighted by atomic mass is 32.1. The topological polar surface area (TPSA) is 88.5 Å². The predicted molar refractivity (Wildman–Crippen MR) is 86.2 cm³/mol. The molecule has 122 valence electrons. The van der Waals surface area contributed by atoms with Gasteiger partial charge in [-0.2, -0.15) is 0 Å². The van der Waals surface area contributed by atoms with Crippen molar-refractivity contribution in [2.24, 2.45) is 0 Å². The third-order valence-electron chi connectivity index (χ3n) is 3.11. The van der Waals surface area contributed by atoms with Crippen LogP contribution in [0, 0.1) is 0 Å². The highest BCUT2D eigenvalue weighted by molar-refractivity contribution is 7.09. The van der Waals surface area contributed by atoms with Gasteiger partial charge in [-0.3, -0.25) is 4.79 Å². The van der Waals surface area contributed by atoms with E-state index >= 15 is 0 Å². The molecule has 2 N–H and O–H groups in total. The Kier molecular flexibility index (Phi) is 6.10. The number of nitrogens with one attached hydrogen (secondary N) is 1. The maximum Gasteiger partial charge on any atom is 0.408 e. The minimum atomic E-state index is -1.01. The maximum atomic E-state index is 11.9. The second kappa shape index (κ2) is 8.28. The van der Waals surface area contributed by atoms with Gasteiger partial charge < -0.3 is 15.2 Å². The molecule has 0 aliphatic heterocycles. The molecule has 0 unspecified atom stereocenters. The number of nitrogens with zero attached hydrogens (tertiary/aromatic N) is 1. The second-order valence-electron chi connectivity index (χ2n) is 4.88. The summed E-state index contributed by atoms with van der Waals surface area (Å²) < 4.78 is 5.13. The second-order valence-corrected chi connectivity index (χ2v) is 5.82. The van der Waals surface area contributed by atoms with Gasteiger partial charge in [-0.1, -0.05) is 37.3 Å². The lowest BCUT2D eigenvalue weighted by atomic mass is 10.1. The van der Waals surface area contributed by atoms with E-state index in [1.165, 1.54) is 11.3 Å². The number of aryl methyl sites for hydroxylation is 1. The largest absolute Gasteiger partial charge is 0.481 e. The van der Waals surface area contributed by atoms with E-state index in [-0.39, 0.29) is 13.0 Å². The molecule has 0 aliphatic rings. The Morgan fingerprint density at radius 1 is 1.35 bits per heavy atom. The zero-order chi connectivity index (χ0) is 16.7. The fourth-order valence-electron chi connectivity index (χ4n) is 1.96. The Morgan fingerprint density at radius 3 is 2.70 bits per heavy atom. The van der Waals surface area contributed by atoms with Crippen LogP contribution in [0.25, 0.3) is 0 Å². The minimum Gasteiger partial charge on any atom is -0.481 e. The molecule has 1 aromatic carbocycles. The molecule has 0 aliphatic carbocycles. The standard InChI is InChI=1S/C16H18N2O4S/c1-2-14-17-13(10-23-14)12(8-15(19)20)18-16(21)22-9-11-6-4-3-5-7-11/h3-7,10,12H,2,8-9H2,1H3,(H,18,21)(H,19,20)/t12-/m0/s1. The summed E-state index contributed by atoms with van der Waals surface area (Å²) in [5.74, 6) is -1.01. The van der Waals surface area contributed by atoms with Crippen molar-refractivity contribution in [2.75, 3.05) is 0 Å². The van der Waals surface area contributed by atoms with E-state index in [1.54, 1.807) is 5.38 Å². The molecular weight excluding hydrogens is 316 g/mol. The predicted octanol–water partition coefficient (Wildman–Crippen LogP) is 3.15. The molecule has 7 heteroatoms. The van der Waals surface area contributed by atoms with Crippen molar-refractivity contribution in [3.05, 3.63) is 52.0 Å². The number of aromatic nitrogens is 1. The van der Waals surface area contributed by atoms with E-state index in [1.807, 2.05) is 37.3 Å². The molecule has 1 aromatic heterocycles. The van der Waals surface area contributed by atoms with Crippen molar-refractivity contribution in [3.8, 4) is 0 Å². The molecule has 1 heterocycles. The van der Waals surface area contributed by atoms with Crippen molar-refractivity contribution < 1.29 is 19.4 Å². The summed E-state index contributed by atoms with van der Waals surface area (Å²) >= 11 is 1.45. The smallest absolute Gasteiger partial charge is 0.408 e. The Bertz CT molecular complexity index is 657. The van der Waals surface area contributed by atoms with Crippen LogP contribution in [0.2, 0.25) is 0 Å². The lowest BCUT2D eigenvalue weighted by molar-refractivity contribution is -0.137. The van der Waals surface area contributed by atoms with Crippen LogP contribution < -0.4 is 5.32 Å². The minimum absolute atomic E-state index is 0.129. The summed E-state index contributed by atoms with van der Waals surface area (Å²) in [5, 5.41) is 14.3. The number of hydrogen-bond donors (Lipinski definition) is 2. The SMILES string of the molecule is CCc1nc([C@H](CC(=O)O)NC(=O)OCc2ccccc2)cs1. The molecular formula is C16H18N2O4S. The lowest BCUT2D eigenvalue weighted by Crippen LogP contribution is -2.31. The van der Waals surface area contributed by atoms with Crippen LogP contribution in [0.15, 0.2) is 35.7 Å². The van der Waals surface area contributed by atoms with Gasteiger partial charge in [0.15, 0.2) is 0 Å². The number of carboxylic acids is 1. The van der Waals surface area contributed by atoms with Gasteiger partial charge in [-0.25, -0.2) is 9.78 Å². The van der Waals surface area contributed by atoms with Crippen LogP contribution in [0.3, 0.4) is 0 Å². The maximum absolute atomic E-state index is 11.9.